The molecule has 0 saturated carbocycles. The van der Waals surface area contributed by atoms with Gasteiger partial charge in [0.2, 0.25) is 0 Å². The number of fused-ring (bicyclic) bond motifs is 7. The van der Waals surface area contributed by atoms with Crippen molar-refractivity contribution in [3.8, 4) is 34.0 Å². The first-order valence-electron chi connectivity index (χ1n) is 20.9. The van der Waals surface area contributed by atoms with E-state index in [1.807, 2.05) is 12.1 Å². The lowest BCUT2D eigenvalue weighted by molar-refractivity contribution is 1.18. The van der Waals surface area contributed by atoms with Crippen molar-refractivity contribution >= 4 is 79.0 Å². The van der Waals surface area contributed by atoms with E-state index in [4.69, 9.17) is 0 Å². The zero-order valence-electron chi connectivity index (χ0n) is 33.5. The number of nitrogens with zero attached hydrogens (tertiary/aromatic N) is 4. The molecule has 0 unspecified atom stereocenters. The molecule has 9 aromatic carbocycles. The molecule has 2 aliphatic heterocycles. The topological polar surface area (TPSA) is 35.2 Å². The van der Waals surface area contributed by atoms with Crippen LogP contribution in [0.15, 0.2) is 206 Å². The third kappa shape index (κ3) is 5.33. The third-order valence-electron chi connectivity index (χ3n) is 12.7. The van der Waals surface area contributed by atoms with Crippen molar-refractivity contribution in [3.63, 3.8) is 0 Å². The highest BCUT2D eigenvalue weighted by Crippen LogP contribution is 2.47. The third-order valence-corrected chi connectivity index (χ3v) is 12.7. The molecule has 0 atom stereocenters. The molecule has 3 heterocycles. The Balaban J connectivity index is 1.12. The number of aryl methyl sites for hydroxylation is 1. The second-order valence-corrected chi connectivity index (χ2v) is 16.1. The van der Waals surface area contributed by atoms with E-state index in [9.17, 15) is 5.26 Å². The Morgan fingerprint density at radius 3 is 1.62 bits per heavy atom. The van der Waals surface area contributed by atoms with Crippen LogP contribution in [0.4, 0.5) is 34.1 Å². The van der Waals surface area contributed by atoms with E-state index in [0.717, 1.165) is 55.9 Å². The summed E-state index contributed by atoms with van der Waals surface area (Å²) >= 11 is 0. The summed E-state index contributed by atoms with van der Waals surface area (Å²) in [6.45, 7) is 2.15. The monoisotopic (exact) mass is 776 g/mol. The molecule has 5 heteroatoms. The van der Waals surface area contributed by atoms with Gasteiger partial charge in [-0.3, -0.25) is 0 Å². The Morgan fingerprint density at radius 1 is 0.426 bits per heavy atom. The van der Waals surface area contributed by atoms with Crippen molar-refractivity contribution in [2.45, 2.75) is 6.92 Å². The lowest BCUT2D eigenvalue weighted by atomic mass is 9.33. The number of hydrogen-bond donors (Lipinski definition) is 0. The molecule has 284 valence electrons. The fourth-order valence-electron chi connectivity index (χ4n) is 10.1. The summed E-state index contributed by atoms with van der Waals surface area (Å²) in [4.78, 5) is 4.94. The summed E-state index contributed by atoms with van der Waals surface area (Å²) in [5, 5.41) is 12.0. The van der Waals surface area contributed by atoms with Crippen molar-refractivity contribution < 1.29 is 0 Å². The van der Waals surface area contributed by atoms with Gasteiger partial charge in [-0.2, -0.15) is 5.26 Å². The Bertz CT molecular complexity index is 3310. The van der Waals surface area contributed by atoms with Crippen LogP contribution >= 0.6 is 0 Å². The van der Waals surface area contributed by atoms with E-state index >= 15 is 0 Å². The van der Waals surface area contributed by atoms with Crippen molar-refractivity contribution in [2.75, 3.05) is 9.80 Å². The first-order chi connectivity index (χ1) is 30.2. The van der Waals surface area contributed by atoms with Crippen LogP contribution in [0.1, 0.15) is 11.1 Å². The van der Waals surface area contributed by atoms with Crippen molar-refractivity contribution in [3.05, 3.63) is 217 Å². The summed E-state index contributed by atoms with van der Waals surface area (Å²) < 4.78 is 2.41. The van der Waals surface area contributed by atoms with Crippen molar-refractivity contribution in [1.82, 2.24) is 4.57 Å². The highest BCUT2D eigenvalue weighted by Gasteiger charge is 2.43. The molecular weight excluding hydrogens is 739 g/mol. The summed E-state index contributed by atoms with van der Waals surface area (Å²) in [5.41, 5.74) is 20.6. The molecule has 4 nitrogen and oxygen atoms in total. The average Bonchev–Trinajstić information content (AvgIpc) is 3.65. The van der Waals surface area contributed by atoms with Crippen LogP contribution < -0.4 is 26.2 Å². The van der Waals surface area contributed by atoms with E-state index in [-0.39, 0.29) is 6.71 Å². The maximum Gasteiger partial charge on any atom is 0.252 e. The van der Waals surface area contributed by atoms with Gasteiger partial charge in [0.05, 0.1) is 28.4 Å². The molecule has 12 rings (SSSR count). The molecule has 0 fully saturated rings. The predicted octanol–water partition coefficient (Wildman–Crippen LogP) is 12.4. The molecule has 0 amide bonds. The lowest BCUT2D eigenvalue weighted by Gasteiger charge is -2.44. The van der Waals surface area contributed by atoms with Gasteiger partial charge < -0.3 is 14.4 Å². The van der Waals surface area contributed by atoms with Crippen LogP contribution in [0, 0.1) is 18.3 Å². The molecule has 2 aliphatic rings. The SMILES string of the molecule is Cc1cc(C#N)ccc1-c1ccccc1-n1c2ccccc2c2cc(-c3cc4c5c(c3)N(c3ccccc3)c3ccccc3B5c3ccccc3N4c3ccccc3)ccc21. The molecule has 0 saturated heterocycles. The average molecular weight is 777 g/mol. The molecule has 1 aromatic heterocycles. The van der Waals surface area contributed by atoms with Crippen LogP contribution in [-0.2, 0) is 0 Å². The molecule has 0 bridgehead atoms. The van der Waals surface area contributed by atoms with Gasteiger partial charge in [0.25, 0.3) is 6.71 Å². The Hall–Kier alpha value is -8.07. The van der Waals surface area contributed by atoms with Crippen LogP contribution in [0.25, 0.3) is 49.7 Å². The normalized spacial score (nSPS) is 12.6. The van der Waals surface area contributed by atoms with Crippen LogP contribution in [0.2, 0.25) is 0 Å². The first-order valence-corrected chi connectivity index (χ1v) is 20.9. The quantitative estimate of drug-likeness (QED) is 0.163. The highest BCUT2D eigenvalue weighted by atomic mass is 15.2. The Labute approximate surface area is 355 Å². The van der Waals surface area contributed by atoms with Gasteiger partial charge in [0.1, 0.15) is 0 Å². The van der Waals surface area contributed by atoms with Gasteiger partial charge in [0.15, 0.2) is 0 Å². The van der Waals surface area contributed by atoms with Gasteiger partial charge in [-0.05, 0) is 130 Å². The van der Waals surface area contributed by atoms with Gasteiger partial charge >= 0.3 is 0 Å². The molecule has 0 radical (unpaired) electrons. The number of aromatic nitrogens is 1. The minimum absolute atomic E-state index is 0.0617. The van der Waals surface area contributed by atoms with Gasteiger partial charge in [-0.25, -0.2) is 0 Å². The van der Waals surface area contributed by atoms with E-state index in [1.165, 1.54) is 49.9 Å². The molecule has 0 N–H and O–H groups in total. The minimum atomic E-state index is 0.0617. The standard InChI is InChI=1S/C56H37BN4/c1-37-32-38(36-58)28-30-43(37)44-20-8-12-24-49(44)61-50-25-13-9-21-45(50)46-33-39(29-31-51(46)61)40-34-54-56-55(35-40)60(42-18-6-3-7-19-42)53-27-15-11-23-48(53)57(56)47-22-10-14-26-52(47)59(54)41-16-4-2-5-17-41/h2-35H,1H3. The predicted molar refractivity (Wildman–Crippen MR) is 255 cm³/mol. The summed E-state index contributed by atoms with van der Waals surface area (Å²) in [6, 6.07) is 77.0. The van der Waals surface area contributed by atoms with Gasteiger partial charge in [-0.15, -0.1) is 0 Å². The minimum Gasteiger partial charge on any atom is -0.311 e. The fourth-order valence-corrected chi connectivity index (χ4v) is 10.1. The Morgan fingerprint density at radius 2 is 0.984 bits per heavy atom. The van der Waals surface area contributed by atoms with Crippen LogP contribution in [0.5, 0.6) is 0 Å². The molecule has 0 aliphatic carbocycles. The molecule has 10 aromatic rings. The first kappa shape index (κ1) is 34.9. The van der Waals surface area contributed by atoms with Crippen molar-refractivity contribution in [1.29, 1.82) is 5.26 Å². The zero-order chi connectivity index (χ0) is 40.6. The van der Waals surface area contributed by atoms with Gasteiger partial charge in [0, 0.05) is 50.5 Å². The summed E-state index contributed by atoms with van der Waals surface area (Å²) in [6.07, 6.45) is 0. The second kappa shape index (κ2) is 13.8. The zero-order valence-corrected chi connectivity index (χ0v) is 33.5. The number of hydrogen-bond acceptors (Lipinski definition) is 3. The van der Waals surface area contributed by atoms with E-state index in [1.54, 1.807) is 0 Å². The highest BCUT2D eigenvalue weighted by molar-refractivity contribution is 7.00. The van der Waals surface area contributed by atoms with E-state index in [0.29, 0.717) is 5.56 Å². The maximum atomic E-state index is 9.62. The largest absolute Gasteiger partial charge is 0.311 e. The number of anilines is 6. The lowest BCUT2D eigenvalue weighted by Crippen LogP contribution is -2.61. The number of benzene rings is 9. The van der Waals surface area contributed by atoms with Crippen molar-refractivity contribution in [2.24, 2.45) is 0 Å². The van der Waals surface area contributed by atoms with E-state index < -0.39 is 0 Å². The molecular formula is C56H37BN4. The number of rotatable bonds is 5. The van der Waals surface area contributed by atoms with Crippen LogP contribution in [-0.4, -0.2) is 11.3 Å². The maximum absolute atomic E-state index is 9.62. The van der Waals surface area contributed by atoms with Gasteiger partial charge in [-0.1, -0.05) is 121 Å². The van der Waals surface area contributed by atoms with Crippen LogP contribution in [0.3, 0.4) is 0 Å². The summed E-state index contributed by atoms with van der Waals surface area (Å²) in [5.74, 6) is 0. The van der Waals surface area contributed by atoms with E-state index in [2.05, 4.69) is 221 Å². The second-order valence-electron chi connectivity index (χ2n) is 16.1. The molecule has 0 spiro atoms. The molecule has 61 heavy (non-hydrogen) atoms. The fraction of sp³-hybridized carbons (Fsp3) is 0.0179. The number of para-hydroxylation sites is 6. The summed E-state index contributed by atoms with van der Waals surface area (Å²) in [7, 11) is 0. The Kier molecular flexibility index (Phi) is 7.88. The smallest absolute Gasteiger partial charge is 0.252 e. The number of nitriles is 1.